The molecule has 0 saturated carbocycles. The zero-order valence-corrected chi connectivity index (χ0v) is 18.1. The minimum atomic E-state index is -4.03. The summed E-state index contributed by atoms with van der Waals surface area (Å²) in [4.78, 5) is 36.2. The number of nitrogens with zero attached hydrogens (tertiary/aromatic N) is 2. The maximum atomic E-state index is 12.5. The Kier molecular flexibility index (Phi) is 7.41. The number of hydrogen-bond acceptors (Lipinski definition) is 6. The van der Waals surface area contributed by atoms with Gasteiger partial charge in [-0.1, -0.05) is 6.07 Å². The molecule has 2 N–H and O–H groups in total. The highest BCUT2D eigenvalue weighted by Crippen LogP contribution is 2.21. The van der Waals surface area contributed by atoms with E-state index in [4.69, 9.17) is 0 Å². The number of benzene rings is 2. The van der Waals surface area contributed by atoms with Gasteiger partial charge in [-0.25, -0.2) is 8.42 Å². The van der Waals surface area contributed by atoms with E-state index >= 15 is 0 Å². The summed E-state index contributed by atoms with van der Waals surface area (Å²) in [6, 6.07) is 10.5. The highest BCUT2D eigenvalue weighted by molar-refractivity contribution is 7.92. The summed E-state index contributed by atoms with van der Waals surface area (Å²) < 4.78 is 27.3. The van der Waals surface area contributed by atoms with Gasteiger partial charge in [0.1, 0.15) is 0 Å². The third-order valence-corrected chi connectivity index (χ3v) is 6.45. The predicted octanol–water partition coefficient (Wildman–Crippen LogP) is 2.53. The molecule has 2 aromatic carbocycles. The maximum absolute atomic E-state index is 12.5. The SMILES string of the molecule is O=C(NCCC(=O)N1CCCCC1)c1ccc(NS(=O)(=O)c2cccc([N+](=O)[O-])c2)cc1. The lowest BCUT2D eigenvalue weighted by molar-refractivity contribution is -0.385. The van der Waals surface area contributed by atoms with Crippen molar-refractivity contribution in [3.63, 3.8) is 0 Å². The van der Waals surface area contributed by atoms with Gasteiger partial charge in [-0.2, -0.15) is 0 Å². The lowest BCUT2D eigenvalue weighted by Gasteiger charge is -2.26. The summed E-state index contributed by atoms with van der Waals surface area (Å²) in [5.41, 5.74) is 0.181. The summed E-state index contributed by atoms with van der Waals surface area (Å²) in [6.45, 7) is 1.75. The molecule has 10 nitrogen and oxygen atoms in total. The van der Waals surface area contributed by atoms with E-state index in [1.54, 1.807) is 0 Å². The van der Waals surface area contributed by atoms with Gasteiger partial charge >= 0.3 is 0 Å². The Bertz CT molecular complexity index is 1100. The van der Waals surface area contributed by atoms with Crippen molar-refractivity contribution in [2.75, 3.05) is 24.4 Å². The molecular weight excluding hydrogens is 436 g/mol. The van der Waals surface area contributed by atoms with Crippen molar-refractivity contribution >= 4 is 33.2 Å². The van der Waals surface area contributed by atoms with Crippen LogP contribution in [0.5, 0.6) is 0 Å². The van der Waals surface area contributed by atoms with E-state index in [0.717, 1.165) is 38.4 Å². The monoisotopic (exact) mass is 460 g/mol. The molecule has 1 aliphatic rings. The topological polar surface area (TPSA) is 139 Å². The molecule has 0 bridgehead atoms. The zero-order valence-electron chi connectivity index (χ0n) is 17.3. The molecule has 0 spiro atoms. The molecule has 1 heterocycles. The van der Waals surface area contributed by atoms with Crippen LogP contribution in [-0.4, -0.2) is 49.7 Å². The lowest BCUT2D eigenvalue weighted by Crippen LogP contribution is -2.37. The molecule has 1 aliphatic heterocycles. The van der Waals surface area contributed by atoms with Crippen molar-refractivity contribution in [2.45, 2.75) is 30.6 Å². The Hall–Kier alpha value is -3.47. The normalized spacial score (nSPS) is 13.9. The fourth-order valence-corrected chi connectivity index (χ4v) is 4.45. The van der Waals surface area contributed by atoms with Crippen LogP contribution < -0.4 is 10.0 Å². The van der Waals surface area contributed by atoms with Crippen LogP contribution in [0.4, 0.5) is 11.4 Å². The van der Waals surface area contributed by atoms with Gasteiger partial charge in [0.2, 0.25) is 5.91 Å². The summed E-state index contributed by atoms with van der Waals surface area (Å²) in [5, 5.41) is 13.6. The highest BCUT2D eigenvalue weighted by atomic mass is 32.2. The number of likely N-dealkylation sites (tertiary alicyclic amines) is 1. The Morgan fingerprint density at radius 1 is 1.03 bits per heavy atom. The van der Waals surface area contributed by atoms with E-state index < -0.39 is 14.9 Å². The molecule has 32 heavy (non-hydrogen) atoms. The molecule has 11 heteroatoms. The number of rotatable bonds is 8. The average Bonchev–Trinajstić information content (AvgIpc) is 2.79. The molecule has 2 amide bonds. The Morgan fingerprint density at radius 2 is 1.72 bits per heavy atom. The molecular formula is C21H24N4O6S. The van der Waals surface area contributed by atoms with Gasteiger partial charge < -0.3 is 10.2 Å². The van der Waals surface area contributed by atoms with Crippen LogP contribution in [0.2, 0.25) is 0 Å². The quantitative estimate of drug-likeness (QED) is 0.458. The highest BCUT2D eigenvalue weighted by Gasteiger charge is 2.19. The number of sulfonamides is 1. The van der Waals surface area contributed by atoms with Gasteiger partial charge in [0, 0.05) is 49.4 Å². The van der Waals surface area contributed by atoms with Crippen molar-refractivity contribution in [1.82, 2.24) is 10.2 Å². The number of non-ortho nitro benzene ring substituents is 1. The maximum Gasteiger partial charge on any atom is 0.270 e. The summed E-state index contributed by atoms with van der Waals surface area (Å²) in [5.74, 6) is -0.347. The second-order valence-corrected chi connectivity index (χ2v) is 9.07. The molecule has 0 atom stereocenters. The number of carbonyl (C=O) groups excluding carboxylic acids is 2. The largest absolute Gasteiger partial charge is 0.352 e. The van der Waals surface area contributed by atoms with Crippen molar-refractivity contribution in [3.8, 4) is 0 Å². The fourth-order valence-electron chi connectivity index (χ4n) is 3.35. The predicted molar refractivity (Wildman–Crippen MR) is 118 cm³/mol. The summed E-state index contributed by atoms with van der Waals surface area (Å²) in [7, 11) is -4.03. The molecule has 2 aromatic rings. The first kappa shape index (κ1) is 23.2. The molecule has 0 aliphatic carbocycles. The van der Waals surface area contributed by atoms with E-state index in [9.17, 15) is 28.1 Å². The van der Waals surface area contributed by atoms with Gasteiger partial charge in [0.15, 0.2) is 0 Å². The van der Waals surface area contributed by atoms with Crippen molar-refractivity contribution in [3.05, 3.63) is 64.2 Å². The van der Waals surface area contributed by atoms with E-state index in [0.29, 0.717) is 5.56 Å². The first-order valence-electron chi connectivity index (χ1n) is 10.2. The molecule has 1 fully saturated rings. The van der Waals surface area contributed by atoms with Gasteiger partial charge in [-0.15, -0.1) is 0 Å². The Balaban J connectivity index is 1.55. The first-order valence-corrected chi connectivity index (χ1v) is 11.7. The third kappa shape index (κ3) is 6.03. The molecule has 3 rings (SSSR count). The van der Waals surface area contributed by atoms with Crippen LogP contribution >= 0.6 is 0 Å². The number of piperidine rings is 1. The van der Waals surface area contributed by atoms with Gasteiger partial charge in [0.25, 0.3) is 21.6 Å². The molecule has 0 aromatic heterocycles. The standard InChI is InChI=1S/C21H24N4O6S/c26-20(24-13-2-1-3-14-24)11-12-22-21(27)16-7-9-17(10-8-16)23-32(30,31)19-6-4-5-18(15-19)25(28)29/h4-10,15,23H,1-3,11-14H2,(H,22,27). The number of nitro benzene ring substituents is 1. The van der Waals surface area contributed by atoms with E-state index in [2.05, 4.69) is 10.0 Å². The third-order valence-electron chi connectivity index (χ3n) is 5.07. The fraction of sp³-hybridized carbons (Fsp3) is 0.333. The number of carbonyl (C=O) groups is 2. The van der Waals surface area contributed by atoms with Gasteiger partial charge in [-0.3, -0.25) is 24.4 Å². The molecule has 0 radical (unpaired) electrons. The second-order valence-electron chi connectivity index (χ2n) is 7.38. The number of amides is 2. The molecule has 0 unspecified atom stereocenters. The average molecular weight is 461 g/mol. The van der Waals surface area contributed by atoms with Crippen LogP contribution in [-0.2, 0) is 14.8 Å². The minimum Gasteiger partial charge on any atom is -0.352 e. The summed E-state index contributed by atoms with van der Waals surface area (Å²) in [6.07, 6.45) is 3.38. The Morgan fingerprint density at radius 3 is 2.38 bits per heavy atom. The van der Waals surface area contributed by atoms with Crippen LogP contribution in [0, 0.1) is 10.1 Å². The van der Waals surface area contributed by atoms with Crippen molar-refractivity contribution in [1.29, 1.82) is 0 Å². The summed E-state index contributed by atoms with van der Waals surface area (Å²) >= 11 is 0. The number of nitro groups is 1. The van der Waals surface area contributed by atoms with E-state index in [-0.39, 0.29) is 41.1 Å². The van der Waals surface area contributed by atoms with Crippen molar-refractivity contribution in [2.24, 2.45) is 0 Å². The first-order chi connectivity index (χ1) is 15.3. The smallest absolute Gasteiger partial charge is 0.270 e. The van der Waals surface area contributed by atoms with Crippen LogP contribution in [0.3, 0.4) is 0 Å². The van der Waals surface area contributed by atoms with E-state index in [1.165, 1.54) is 42.5 Å². The van der Waals surface area contributed by atoms with Crippen LogP contribution in [0.25, 0.3) is 0 Å². The number of anilines is 1. The van der Waals surface area contributed by atoms with Gasteiger partial charge in [0.05, 0.1) is 9.82 Å². The molecule has 1 saturated heterocycles. The minimum absolute atomic E-state index is 0.0240. The lowest BCUT2D eigenvalue weighted by atomic mass is 10.1. The molecule has 170 valence electrons. The van der Waals surface area contributed by atoms with Crippen LogP contribution in [0.15, 0.2) is 53.4 Å². The second kappa shape index (κ2) is 10.2. The van der Waals surface area contributed by atoms with Crippen molar-refractivity contribution < 1.29 is 22.9 Å². The number of hydrogen-bond donors (Lipinski definition) is 2. The Labute approximate surface area is 185 Å². The van der Waals surface area contributed by atoms with Crippen LogP contribution in [0.1, 0.15) is 36.0 Å². The van der Waals surface area contributed by atoms with Gasteiger partial charge in [-0.05, 0) is 49.6 Å². The van der Waals surface area contributed by atoms with E-state index in [1.807, 2.05) is 4.90 Å². The number of nitrogens with one attached hydrogen (secondary N) is 2. The zero-order chi connectivity index (χ0) is 23.1.